The van der Waals surface area contributed by atoms with Gasteiger partial charge in [-0.05, 0) is 94.8 Å². The number of ether oxygens (including phenoxy) is 12. The van der Waals surface area contributed by atoms with Crippen LogP contribution in [0, 0.1) is 39.4 Å². The van der Waals surface area contributed by atoms with Crippen LogP contribution >= 0.6 is 0 Å². The first-order valence-corrected chi connectivity index (χ1v) is 34.2. The monoisotopic (exact) mass is 1400 g/mol. The average Bonchev–Trinajstić information content (AvgIpc) is 1.47. The molecule has 6 saturated heterocycles. The normalized spacial score (nSPS) is 48.7. The molecule has 0 aromatic heterocycles. The number of aliphatic hydroxyl groups excluding tert-OH is 10. The molecule has 0 bridgehead atoms. The number of methoxy groups -OCH3 is 1. The van der Waals surface area contributed by atoms with Crippen LogP contribution in [0.15, 0.2) is 23.8 Å². The molecule has 6 aliphatic heterocycles. The van der Waals surface area contributed by atoms with Crippen LogP contribution in [0.1, 0.15) is 106 Å². The maximum atomic E-state index is 14.5. The Bertz CT molecular complexity index is 2980. The first-order valence-electron chi connectivity index (χ1n) is 31.5. The molecule has 0 unspecified atom stereocenters. The Morgan fingerprint density at radius 3 is 1.93 bits per heavy atom. The van der Waals surface area contributed by atoms with Gasteiger partial charge in [0.1, 0.15) is 115 Å². The molecule has 0 amide bonds. The predicted molar refractivity (Wildman–Crippen MR) is 314 cm³/mol. The van der Waals surface area contributed by atoms with E-state index in [9.17, 15) is 86.6 Å². The summed E-state index contributed by atoms with van der Waals surface area (Å²) in [5.41, 5.74) is -1.86. The number of hydrogen-bond donors (Lipinski definition) is 12. The van der Waals surface area contributed by atoms with Crippen molar-refractivity contribution >= 4 is 62.1 Å². The second-order valence-corrected chi connectivity index (χ2v) is 30.3. The molecule has 12 N–H and O–H groups in total. The van der Waals surface area contributed by atoms with Crippen LogP contribution in [0.5, 0.6) is 0 Å². The fraction of sp³-hybridized carbons (Fsp3) is 0.898. The van der Waals surface area contributed by atoms with Crippen LogP contribution in [-0.2, 0) is 95.6 Å². The SMILES string of the molecule is C=C(C)CCC[C@]1(C)OC(=O)[C@]23CC[C@H]4C(=CC[C@H]5C(C)(C)[C@@H](O[C@@H]6OC[C@@H](OS(=O)(=O)O)[C@H](O)[C@H]6O[C@@H]6O[C@H](C)[C@@H](O[C@@H]7O[C@H](CO)[C@@H](O)[C@H](O[C@@H]8O[C@H](COS(=O)(=O)O)[C@@H](O)[C@H](OC)[C@H]8O)[C@H]7O)[C@H](O)[C@H]6O[C@@H]6OC[C@@H](O)[C@H](O)[C@H]6O)CC[C@]45C)[C@]2(C)CC(=O)[C@@H]31.[Na]. The molecule has 35 heteroatoms. The maximum Gasteiger partial charge on any atom is 0.397 e. The molecule has 31 atom stereocenters. The first kappa shape index (κ1) is 76.7. The van der Waals surface area contributed by atoms with Gasteiger partial charge in [0.2, 0.25) is 0 Å². The van der Waals surface area contributed by atoms with E-state index in [0.29, 0.717) is 44.9 Å². The van der Waals surface area contributed by atoms with Crippen molar-refractivity contribution in [2.24, 2.45) is 39.4 Å². The molecule has 0 aromatic rings. The van der Waals surface area contributed by atoms with Gasteiger partial charge in [0.25, 0.3) is 0 Å². The van der Waals surface area contributed by atoms with E-state index in [4.69, 9.17) is 61.0 Å². The molecule has 9 fully saturated rings. The van der Waals surface area contributed by atoms with Gasteiger partial charge in [-0.2, -0.15) is 16.8 Å². The standard InChI is InChI=1S/C59H92O32S2.Na/c1-24(2)11-10-16-58(8)48-28(61)19-57(7)27-12-13-33-55(4,5)34(15-17-56(33,6)26(27)14-18-59(48,57)54(71)90-58)85-52-46(38(66)32(22-80-52)91-93(75,76)77)89-53-47(88-49-39(67)35(63)29(62)21-79-49)40(68)43(25(3)82-53)86-51-42(70)45(36(64)30(20-60)83-51)87-50-41(69)44(78-9)37(65)31(84-50)23-81-92(72,73)74;/h12,25-26,29-53,60,62-70H,1,10-11,13-23H2,2-9H3,(H,72,73,74)(H,75,76,77);/t25-,26+,29-,30-,31-,32-,33+,34+,35+,36-,37-,38+,39-,40+,41-,42-,43-,44+,45+,46-,47-,48-,49+,50+,51+,52+,53+,56-,57+,58+,59-;/m1./s1. The van der Waals surface area contributed by atoms with Crippen molar-refractivity contribution in [3.8, 4) is 0 Å². The molecule has 10 aliphatic rings. The van der Waals surface area contributed by atoms with Crippen LogP contribution in [0.2, 0.25) is 0 Å². The summed E-state index contributed by atoms with van der Waals surface area (Å²) < 4.78 is 148. The summed E-state index contributed by atoms with van der Waals surface area (Å²) in [5.74, 6) is -1.07. The van der Waals surface area contributed by atoms with Crippen molar-refractivity contribution in [2.75, 3.05) is 33.5 Å². The fourth-order valence-electron chi connectivity index (χ4n) is 17.4. The molecule has 6 heterocycles. The summed E-state index contributed by atoms with van der Waals surface area (Å²) in [5, 5.41) is 112. The van der Waals surface area contributed by atoms with Gasteiger partial charge >= 0.3 is 26.8 Å². The molecule has 1 spiro atoms. The van der Waals surface area contributed by atoms with Crippen LogP contribution in [-0.4, -0.2) is 305 Å². The number of fused-ring (bicyclic) bond motifs is 4. The summed E-state index contributed by atoms with van der Waals surface area (Å²) >= 11 is 0. The van der Waals surface area contributed by atoms with Gasteiger partial charge in [-0.3, -0.25) is 18.7 Å². The second-order valence-electron chi connectivity index (χ2n) is 28.2. The number of aliphatic hydroxyl groups is 10. The van der Waals surface area contributed by atoms with Crippen molar-refractivity contribution in [1.29, 1.82) is 0 Å². The molecule has 0 aromatic carbocycles. The van der Waals surface area contributed by atoms with Crippen molar-refractivity contribution in [3.05, 3.63) is 23.8 Å². The number of allylic oxidation sites excluding steroid dienone is 3. The number of Topliss-reactive ketones (excluding diaryl/α,β-unsaturated/α-hetero) is 1. The van der Waals surface area contributed by atoms with Crippen LogP contribution in [0.25, 0.3) is 0 Å². The van der Waals surface area contributed by atoms with Gasteiger partial charge in [-0.15, -0.1) is 6.58 Å². The Morgan fingerprint density at radius 2 is 1.29 bits per heavy atom. The molecule has 533 valence electrons. The number of rotatable bonds is 21. The molecule has 3 saturated carbocycles. The molecule has 10 rings (SSSR count). The molecular formula is C59H92NaO32S2. The average molecular weight is 1400 g/mol. The van der Waals surface area contributed by atoms with Crippen molar-refractivity contribution in [1.82, 2.24) is 0 Å². The number of carbonyl (C=O) groups is 2. The molecule has 1 radical (unpaired) electrons. The Morgan fingerprint density at radius 1 is 0.681 bits per heavy atom. The minimum absolute atomic E-state index is 0. The zero-order valence-corrected chi connectivity index (χ0v) is 57.5. The van der Waals surface area contributed by atoms with E-state index in [2.05, 4.69) is 30.7 Å². The molecule has 32 nitrogen and oxygen atoms in total. The Kier molecular flexibility index (Phi) is 23.5. The Hall–Kier alpha value is -1.48. The number of esters is 1. The zero-order chi connectivity index (χ0) is 68.2. The number of hydrogen-bond acceptors (Lipinski definition) is 30. The minimum atomic E-state index is -5.30. The summed E-state index contributed by atoms with van der Waals surface area (Å²) in [7, 11) is -9.34. The van der Waals surface area contributed by atoms with E-state index < -0.39 is 228 Å². The Labute approximate surface area is 566 Å². The summed E-state index contributed by atoms with van der Waals surface area (Å²) in [6.45, 7) is 14.2. The third-order valence-corrected chi connectivity index (χ3v) is 23.0. The first-order chi connectivity index (χ1) is 43.4. The van der Waals surface area contributed by atoms with E-state index in [1.165, 1.54) is 6.92 Å². The van der Waals surface area contributed by atoms with E-state index in [0.717, 1.165) is 24.7 Å². The summed E-state index contributed by atoms with van der Waals surface area (Å²) in [6.07, 6.45) is -37.0. The maximum absolute atomic E-state index is 14.5. The van der Waals surface area contributed by atoms with E-state index in [1.54, 1.807) is 0 Å². The smallest absolute Gasteiger partial charge is 0.397 e. The van der Waals surface area contributed by atoms with E-state index in [-0.39, 0.29) is 59.6 Å². The topological polar surface area (TPSA) is 474 Å². The molecular weight excluding hydrogens is 1310 g/mol. The third-order valence-electron chi connectivity index (χ3n) is 22.0. The summed E-state index contributed by atoms with van der Waals surface area (Å²) in [4.78, 5) is 28.9. The van der Waals surface area contributed by atoms with E-state index >= 15 is 0 Å². The number of carbonyl (C=O) groups excluding carboxylic acids is 2. The van der Waals surface area contributed by atoms with Crippen molar-refractivity contribution < 1.29 is 152 Å². The van der Waals surface area contributed by atoms with Gasteiger partial charge < -0.3 is 108 Å². The van der Waals surface area contributed by atoms with Gasteiger partial charge in [0.15, 0.2) is 31.5 Å². The molecule has 94 heavy (non-hydrogen) atoms. The van der Waals surface area contributed by atoms with Gasteiger partial charge in [0.05, 0.1) is 50.0 Å². The van der Waals surface area contributed by atoms with E-state index in [1.807, 2.05) is 27.7 Å². The molecule has 4 aliphatic carbocycles. The number of cyclic esters (lactones) is 1. The van der Waals surface area contributed by atoms with Crippen LogP contribution < -0.4 is 0 Å². The van der Waals surface area contributed by atoms with Gasteiger partial charge in [-0.1, -0.05) is 44.9 Å². The quantitative estimate of drug-likeness (QED) is 0.0245. The fourth-order valence-corrected chi connectivity index (χ4v) is 18.2. The predicted octanol–water partition coefficient (Wildman–Crippen LogP) is -2.47. The van der Waals surface area contributed by atoms with Crippen LogP contribution in [0.3, 0.4) is 0 Å². The van der Waals surface area contributed by atoms with Gasteiger partial charge in [-0.25, -0.2) is 8.37 Å². The second kappa shape index (κ2) is 28.7. The Balaban J connectivity index is 0.0000104. The zero-order valence-electron chi connectivity index (χ0n) is 53.9. The van der Waals surface area contributed by atoms with Crippen molar-refractivity contribution in [3.63, 3.8) is 0 Å². The van der Waals surface area contributed by atoms with Gasteiger partial charge in [0, 0.05) is 48.5 Å². The summed E-state index contributed by atoms with van der Waals surface area (Å²) in [6, 6.07) is 0. The third kappa shape index (κ3) is 14.1. The largest absolute Gasteiger partial charge is 0.458 e. The van der Waals surface area contributed by atoms with Crippen molar-refractivity contribution in [2.45, 2.75) is 259 Å². The van der Waals surface area contributed by atoms with Crippen LogP contribution in [0.4, 0.5) is 0 Å². The minimum Gasteiger partial charge on any atom is -0.458 e. The number of ketones is 1.